The highest BCUT2D eigenvalue weighted by molar-refractivity contribution is 6.67. The maximum atomic E-state index is 11.8. The van der Waals surface area contributed by atoms with Gasteiger partial charge < -0.3 is 5.73 Å². The molecule has 1 aromatic rings. The van der Waals surface area contributed by atoms with E-state index in [1.54, 1.807) is 24.3 Å². The van der Waals surface area contributed by atoms with Gasteiger partial charge in [0.15, 0.2) is 0 Å². The lowest BCUT2D eigenvalue weighted by Gasteiger charge is -2.01. The summed E-state index contributed by atoms with van der Waals surface area (Å²) in [6.45, 7) is 0. The zero-order valence-electron chi connectivity index (χ0n) is 7.68. The van der Waals surface area contributed by atoms with Gasteiger partial charge in [-0.2, -0.15) is 9.98 Å². The number of nitrogen functional groups attached to an aromatic ring is 1. The second-order valence-corrected chi connectivity index (χ2v) is 2.95. The number of ketones is 1. The predicted octanol–water partition coefficient (Wildman–Crippen LogP) is 1.10. The van der Waals surface area contributed by atoms with Crippen molar-refractivity contribution in [1.82, 2.24) is 0 Å². The maximum absolute atomic E-state index is 11.8. The smallest absolute Gasteiger partial charge is 0.367 e. The first-order valence-electron chi connectivity index (χ1n) is 4.24. The summed E-state index contributed by atoms with van der Waals surface area (Å²) in [4.78, 5) is 29.3. The van der Waals surface area contributed by atoms with E-state index in [1.807, 2.05) is 0 Å². The Kier molecular flexibility index (Phi) is 2.13. The van der Waals surface area contributed by atoms with Crippen molar-refractivity contribution >= 4 is 29.4 Å². The molecular formula is C10H7N3O2. The SMILES string of the molecule is Nc1ccccc1C(=O)C1=NC(=O)N=C1. The molecule has 0 aliphatic carbocycles. The van der Waals surface area contributed by atoms with E-state index in [1.165, 1.54) is 0 Å². The Hall–Kier alpha value is -2.30. The zero-order valence-corrected chi connectivity index (χ0v) is 7.68. The third-order valence-electron chi connectivity index (χ3n) is 1.95. The largest absolute Gasteiger partial charge is 0.398 e. The molecule has 2 N–H and O–H groups in total. The third-order valence-corrected chi connectivity index (χ3v) is 1.95. The van der Waals surface area contributed by atoms with Gasteiger partial charge in [0, 0.05) is 11.3 Å². The Morgan fingerprint density at radius 1 is 1.27 bits per heavy atom. The molecule has 0 saturated carbocycles. The van der Waals surface area contributed by atoms with Gasteiger partial charge in [0.25, 0.3) is 0 Å². The Bertz CT molecular complexity index is 503. The highest BCUT2D eigenvalue weighted by atomic mass is 16.2. The van der Waals surface area contributed by atoms with Gasteiger partial charge in [0.1, 0.15) is 5.71 Å². The molecule has 5 heteroatoms. The topological polar surface area (TPSA) is 84.9 Å². The van der Waals surface area contributed by atoms with Crippen LogP contribution in [-0.2, 0) is 0 Å². The highest BCUT2D eigenvalue weighted by Crippen LogP contribution is 2.12. The predicted molar refractivity (Wildman–Crippen MR) is 56.5 cm³/mol. The minimum Gasteiger partial charge on any atom is -0.398 e. The Balaban J connectivity index is 2.38. The van der Waals surface area contributed by atoms with Crippen molar-refractivity contribution in [3.8, 4) is 0 Å². The van der Waals surface area contributed by atoms with Crippen LogP contribution >= 0.6 is 0 Å². The average molecular weight is 201 g/mol. The van der Waals surface area contributed by atoms with Gasteiger partial charge in [-0.1, -0.05) is 12.1 Å². The molecule has 0 aromatic heterocycles. The summed E-state index contributed by atoms with van der Waals surface area (Å²) < 4.78 is 0. The van der Waals surface area contributed by atoms with Crippen LogP contribution in [0.4, 0.5) is 10.5 Å². The second-order valence-electron chi connectivity index (χ2n) is 2.95. The highest BCUT2D eigenvalue weighted by Gasteiger charge is 2.19. The number of aliphatic imine (C=N–C) groups is 2. The summed E-state index contributed by atoms with van der Waals surface area (Å²) in [5.74, 6) is -0.386. The number of rotatable bonds is 2. The zero-order chi connectivity index (χ0) is 10.8. The fourth-order valence-electron chi connectivity index (χ4n) is 1.23. The van der Waals surface area contributed by atoms with Crippen LogP contribution in [0.3, 0.4) is 0 Å². The van der Waals surface area contributed by atoms with Crippen molar-refractivity contribution in [2.24, 2.45) is 9.98 Å². The van der Waals surface area contributed by atoms with Gasteiger partial charge in [-0.25, -0.2) is 4.79 Å². The molecule has 0 atom stereocenters. The Morgan fingerprint density at radius 2 is 2.00 bits per heavy atom. The first-order valence-corrected chi connectivity index (χ1v) is 4.24. The first kappa shape index (κ1) is 9.26. The lowest BCUT2D eigenvalue weighted by molar-refractivity contribution is 0.106. The average Bonchev–Trinajstić information content (AvgIpc) is 2.65. The van der Waals surface area contributed by atoms with Gasteiger partial charge in [0.2, 0.25) is 5.78 Å². The number of carbonyl (C=O) groups is 2. The fourth-order valence-corrected chi connectivity index (χ4v) is 1.23. The quantitative estimate of drug-likeness (QED) is 0.574. The molecule has 1 aliphatic heterocycles. The summed E-state index contributed by atoms with van der Waals surface area (Å²) in [5, 5.41) is 0. The van der Waals surface area contributed by atoms with Crippen LogP contribution in [0.2, 0.25) is 0 Å². The monoisotopic (exact) mass is 201 g/mol. The summed E-state index contributed by atoms with van der Waals surface area (Å²) in [6, 6.07) is 5.95. The number of anilines is 1. The third kappa shape index (κ3) is 1.67. The number of hydrogen-bond donors (Lipinski definition) is 1. The van der Waals surface area contributed by atoms with E-state index in [-0.39, 0.29) is 11.5 Å². The normalized spacial score (nSPS) is 14.1. The van der Waals surface area contributed by atoms with Gasteiger partial charge >= 0.3 is 6.03 Å². The molecule has 1 aliphatic rings. The van der Waals surface area contributed by atoms with Crippen LogP contribution < -0.4 is 5.73 Å². The number of carbonyl (C=O) groups excluding carboxylic acids is 2. The number of para-hydroxylation sites is 1. The molecule has 1 aromatic carbocycles. The molecular weight excluding hydrogens is 194 g/mol. The maximum Gasteiger partial charge on any atom is 0.367 e. The molecule has 2 amide bonds. The van der Waals surface area contributed by atoms with Gasteiger partial charge in [-0.15, -0.1) is 0 Å². The van der Waals surface area contributed by atoms with Crippen molar-refractivity contribution in [3.05, 3.63) is 29.8 Å². The summed E-state index contributed by atoms with van der Waals surface area (Å²) >= 11 is 0. The van der Waals surface area contributed by atoms with E-state index in [9.17, 15) is 9.59 Å². The molecule has 0 fully saturated rings. The Morgan fingerprint density at radius 3 is 2.60 bits per heavy atom. The molecule has 1 heterocycles. The van der Waals surface area contributed by atoms with Gasteiger partial charge in [0.05, 0.1) is 6.21 Å². The van der Waals surface area contributed by atoms with Crippen LogP contribution in [0.15, 0.2) is 34.3 Å². The molecule has 2 rings (SSSR count). The van der Waals surface area contributed by atoms with Crippen LogP contribution in [-0.4, -0.2) is 23.7 Å². The molecule has 0 radical (unpaired) electrons. The fraction of sp³-hybridized carbons (Fsp3) is 0. The minimum atomic E-state index is -0.659. The summed E-state index contributed by atoms with van der Waals surface area (Å²) in [6.07, 6.45) is 1.15. The lowest BCUT2D eigenvalue weighted by Crippen LogP contribution is -2.15. The van der Waals surface area contributed by atoms with E-state index < -0.39 is 6.03 Å². The van der Waals surface area contributed by atoms with E-state index >= 15 is 0 Å². The van der Waals surface area contributed by atoms with E-state index in [2.05, 4.69) is 9.98 Å². The number of nitrogens with two attached hydrogens (primary N) is 1. The van der Waals surface area contributed by atoms with Crippen molar-refractivity contribution in [2.75, 3.05) is 5.73 Å². The molecule has 0 bridgehead atoms. The van der Waals surface area contributed by atoms with Crippen molar-refractivity contribution in [3.63, 3.8) is 0 Å². The molecule has 74 valence electrons. The molecule has 0 spiro atoms. The molecule has 5 nitrogen and oxygen atoms in total. The number of urea groups is 1. The van der Waals surface area contributed by atoms with Gasteiger partial charge in [-0.05, 0) is 12.1 Å². The van der Waals surface area contributed by atoms with E-state index in [0.29, 0.717) is 11.3 Å². The molecule has 0 saturated heterocycles. The second kappa shape index (κ2) is 3.45. The minimum absolute atomic E-state index is 0.0258. The molecule has 15 heavy (non-hydrogen) atoms. The number of amides is 2. The number of benzene rings is 1. The van der Waals surface area contributed by atoms with Crippen molar-refractivity contribution < 1.29 is 9.59 Å². The van der Waals surface area contributed by atoms with E-state index in [4.69, 9.17) is 5.73 Å². The molecule has 0 unspecified atom stereocenters. The van der Waals surface area contributed by atoms with Crippen LogP contribution in [0, 0.1) is 0 Å². The lowest BCUT2D eigenvalue weighted by atomic mass is 10.1. The Labute approximate surface area is 85.3 Å². The first-order chi connectivity index (χ1) is 7.18. The number of hydrogen-bond acceptors (Lipinski definition) is 3. The summed E-state index contributed by atoms with van der Waals surface area (Å²) in [5.41, 5.74) is 6.33. The van der Waals surface area contributed by atoms with Crippen LogP contribution in [0.1, 0.15) is 10.4 Å². The van der Waals surface area contributed by atoms with E-state index in [0.717, 1.165) is 6.21 Å². The summed E-state index contributed by atoms with van der Waals surface area (Å²) in [7, 11) is 0. The van der Waals surface area contributed by atoms with Crippen LogP contribution in [0.25, 0.3) is 0 Å². The van der Waals surface area contributed by atoms with Crippen molar-refractivity contribution in [2.45, 2.75) is 0 Å². The van der Waals surface area contributed by atoms with Crippen LogP contribution in [0.5, 0.6) is 0 Å². The number of nitrogens with zero attached hydrogens (tertiary/aromatic N) is 2. The van der Waals surface area contributed by atoms with Gasteiger partial charge in [-0.3, -0.25) is 4.79 Å². The number of Topliss-reactive ketones (excluding diaryl/α,β-unsaturated/α-hetero) is 1. The standard InChI is InChI=1S/C10H7N3O2/c11-7-4-2-1-3-6(7)9(14)8-5-12-10(15)13-8/h1-5H,11H2. The van der Waals surface area contributed by atoms with Crippen molar-refractivity contribution in [1.29, 1.82) is 0 Å².